The summed E-state index contributed by atoms with van der Waals surface area (Å²) in [5, 5.41) is 11.1. The highest BCUT2D eigenvalue weighted by Crippen LogP contribution is 2.41. The van der Waals surface area contributed by atoms with Crippen LogP contribution >= 0.6 is 15.9 Å². The number of aromatic nitrogens is 5. The van der Waals surface area contributed by atoms with E-state index in [4.69, 9.17) is 0 Å². The molecule has 4 aromatic rings. The number of alkyl halides is 3. The van der Waals surface area contributed by atoms with Gasteiger partial charge in [-0.25, -0.2) is 9.50 Å². The van der Waals surface area contributed by atoms with Crippen molar-refractivity contribution in [1.29, 1.82) is 0 Å². The second-order valence-electron chi connectivity index (χ2n) is 8.43. The molecule has 34 heavy (non-hydrogen) atoms. The fourth-order valence-electron chi connectivity index (χ4n) is 3.88. The third-order valence-electron chi connectivity index (χ3n) is 5.83. The zero-order chi connectivity index (χ0) is 24.2. The Morgan fingerprint density at radius 1 is 1.24 bits per heavy atom. The number of hydrogen-bond donors (Lipinski definition) is 1. The Labute approximate surface area is 201 Å². The number of rotatable bonds is 5. The van der Waals surface area contributed by atoms with E-state index >= 15 is 0 Å². The number of nitrogens with zero attached hydrogens (tertiary/aromatic N) is 5. The summed E-state index contributed by atoms with van der Waals surface area (Å²) in [6, 6.07) is 8.26. The molecule has 0 atom stereocenters. The summed E-state index contributed by atoms with van der Waals surface area (Å²) < 4.78 is 44.3. The van der Waals surface area contributed by atoms with E-state index in [1.807, 2.05) is 24.6 Å². The number of hydrogen-bond acceptors (Lipinski definition) is 4. The lowest BCUT2D eigenvalue weighted by molar-refractivity contribution is -0.142. The van der Waals surface area contributed by atoms with Crippen LogP contribution in [0.4, 0.5) is 18.9 Å². The van der Waals surface area contributed by atoms with Crippen molar-refractivity contribution in [3.8, 4) is 0 Å². The van der Waals surface area contributed by atoms with Gasteiger partial charge < -0.3 is 5.32 Å². The first-order valence-corrected chi connectivity index (χ1v) is 11.5. The molecule has 1 aliphatic rings. The van der Waals surface area contributed by atoms with E-state index in [-0.39, 0.29) is 17.1 Å². The molecule has 1 amide bonds. The fraction of sp³-hybridized carbons (Fsp3) is 0.304. The zero-order valence-corrected chi connectivity index (χ0v) is 19.9. The van der Waals surface area contributed by atoms with Crippen LogP contribution in [0, 0.1) is 13.8 Å². The molecule has 0 aliphatic heterocycles. The van der Waals surface area contributed by atoms with Crippen LogP contribution in [0.25, 0.3) is 5.65 Å². The molecule has 3 aromatic heterocycles. The predicted octanol–water partition coefficient (Wildman–Crippen LogP) is 5.50. The van der Waals surface area contributed by atoms with Gasteiger partial charge in [0.1, 0.15) is 11.3 Å². The molecular weight excluding hydrogens is 513 g/mol. The molecule has 1 fully saturated rings. The summed E-state index contributed by atoms with van der Waals surface area (Å²) in [5.74, 6) is -0.586. The zero-order valence-electron chi connectivity index (χ0n) is 18.3. The minimum atomic E-state index is -4.61. The number of benzene rings is 1. The summed E-state index contributed by atoms with van der Waals surface area (Å²) in [4.78, 5) is 17.4. The minimum absolute atomic E-state index is 0.0111. The molecule has 0 spiro atoms. The van der Waals surface area contributed by atoms with Crippen molar-refractivity contribution >= 4 is 33.2 Å². The van der Waals surface area contributed by atoms with Gasteiger partial charge in [0.2, 0.25) is 0 Å². The summed E-state index contributed by atoms with van der Waals surface area (Å²) in [5.41, 5.74) is 2.58. The maximum Gasteiger partial charge on any atom is 0.433 e. The SMILES string of the molecule is Cc1nn(Cc2cccc(NC(=O)c3cnn4c(C(F)(F)F)cc(C5CC5)nc34)c2)c(C)c1Br. The molecule has 1 N–H and O–H groups in total. The molecule has 1 aromatic carbocycles. The lowest BCUT2D eigenvalue weighted by atomic mass is 10.2. The Hall–Kier alpha value is -3.21. The van der Waals surface area contributed by atoms with Gasteiger partial charge in [-0.15, -0.1) is 0 Å². The van der Waals surface area contributed by atoms with Crippen molar-refractivity contribution in [2.24, 2.45) is 0 Å². The largest absolute Gasteiger partial charge is 0.433 e. The van der Waals surface area contributed by atoms with Crippen molar-refractivity contribution < 1.29 is 18.0 Å². The van der Waals surface area contributed by atoms with Gasteiger partial charge in [-0.3, -0.25) is 9.48 Å². The molecule has 176 valence electrons. The summed E-state index contributed by atoms with van der Waals surface area (Å²) in [6.45, 7) is 4.37. The van der Waals surface area contributed by atoms with E-state index in [0.29, 0.717) is 22.4 Å². The monoisotopic (exact) mass is 532 g/mol. The van der Waals surface area contributed by atoms with E-state index in [1.54, 1.807) is 18.2 Å². The van der Waals surface area contributed by atoms with Gasteiger partial charge in [0, 0.05) is 17.3 Å². The average molecular weight is 533 g/mol. The molecule has 5 rings (SSSR count). The van der Waals surface area contributed by atoms with Crippen LogP contribution in [0.15, 0.2) is 41.0 Å². The molecule has 0 saturated heterocycles. The second-order valence-corrected chi connectivity index (χ2v) is 9.22. The molecule has 0 unspecified atom stereocenters. The first-order valence-electron chi connectivity index (χ1n) is 10.7. The van der Waals surface area contributed by atoms with Gasteiger partial charge >= 0.3 is 6.18 Å². The number of carbonyl (C=O) groups excluding carboxylic acids is 1. The van der Waals surface area contributed by atoms with Crippen molar-refractivity contribution in [3.63, 3.8) is 0 Å². The predicted molar refractivity (Wildman–Crippen MR) is 123 cm³/mol. The topological polar surface area (TPSA) is 77.1 Å². The van der Waals surface area contributed by atoms with Crippen molar-refractivity contribution in [2.75, 3.05) is 5.32 Å². The Bertz CT molecular complexity index is 1420. The Kier molecular flexibility index (Phi) is 5.46. The summed E-state index contributed by atoms with van der Waals surface area (Å²) in [6.07, 6.45) is -1.92. The lowest BCUT2D eigenvalue weighted by Crippen LogP contribution is -2.16. The van der Waals surface area contributed by atoms with Crippen molar-refractivity contribution in [3.05, 3.63) is 74.9 Å². The van der Waals surface area contributed by atoms with E-state index in [0.717, 1.165) is 46.5 Å². The van der Waals surface area contributed by atoms with Crippen LogP contribution in [0.5, 0.6) is 0 Å². The normalized spacial score (nSPS) is 14.1. The Morgan fingerprint density at radius 3 is 2.65 bits per heavy atom. The van der Waals surface area contributed by atoms with Crippen molar-refractivity contribution in [1.82, 2.24) is 24.4 Å². The lowest BCUT2D eigenvalue weighted by Gasteiger charge is -2.11. The van der Waals surface area contributed by atoms with E-state index in [1.165, 1.54) is 0 Å². The number of nitrogens with one attached hydrogen (secondary N) is 1. The third-order valence-corrected chi connectivity index (χ3v) is 6.98. The summed E-state index contributed by atoms with van der Waals surface area (Å²) in [7, 11) is 0. The van der Waals surface area contributed by atoms with Gasteiger partial charge in [0.25, 0.3) is 5.91 Å². The van der Waals surface area contributed by atoms with Crippen LogP contribution in [0.3, 0.4) is 0 Å². The number of halogens is 4. The minimum Gasteiger partial charge on any atom is -0.322 e. The van der Waals surface area contributed by atoms with Crippen LogP contribution < -0.4 is 5.32 Å². The van der Waals surface area contributed by atoms with Gasteiger partial charge in [-0.05, 0) is 66.4 Å². The fourth-order valence-corrected chi connectivity index (χ4v) is 4.16. The average Bonchev–Trinajstić information content (AvgIpc) is 3.50. The number of amides is 1. The third kappa shape index (κ3) is 4.20. The molecule has 0 bridgehead atoms. The van der Waals surface area contributed by atoms with Gasteiger partial charge in [0.15, 0.2) is 5.65 Å². The molecule has 0 radical (unpaired) electrons. The highest BCUT2D eigenvalue weighted by molar-refractivity contribution is 9.10. The molecule has 3 heterocycles. The molecule has 11 heteroatoms. The molecular formula is C23H20BrF3N6O. The van der Waals surface area contributed by atoms with Crippen molar-refractivity contribution in [2.45, 2.75) is 45.3 Å². The second kappa shape index (κ2) is 8.23. The van der Waals surface area contributed by atoms with Gasteiger partial charge in [0.05, 0.1) is 28.6 Å². The smallest absolute Gasteiger partial charge is 0.322 e. The first kappa shape index (κ1) is 22.6. The van der Waals surface area contributed by atoms with Crippen LogP contribution in [-0.4, -0.2) is 30.3 Å². The van der Waals surface area contributed by atoms with E-state index in [9.17, 15) is 18.0 Å². The quantitative estimate of drug-likeness (QED) is 0.368. The maximum absolute atomic E-state index is 13.6. The van der Waals surface area contributed by atoms with Crippen LogP contribution in [0.1, 0.15) is 57.5 Å². The Morgan fingerprint density at radius 2 is 2.00 bits per heavy atom. The number of fused-ring (bicyclic) bond motifs is 1. The molecule has 1 aliphatic carbocycles. The van der Waals surface area contributed by atoms with E-state index in [2.05, 4.69) is 36.4 Å². The molecule has 1 saturated carbocycles. The molecule has 7 nitrogen and oxygen atoms in total. The summed E-state index contributed by atoms with van der Waals surface area (Å²) >= 11 is 3.51. The first-order chi connectivity index (χ1) is 16.1. The van der Waals surface area contributed by atoms with Gasteiger partial charge in [-0.1, -0.05) is 12.1 Å². The Balaban J connectivity index is 1.43. The number of anilines is 1. The van der Waals surface area contributed by atoms with E-state index < -0.39 is 17.8 Å². The number of aryl methyl sites for hydroxylation is 1. The van der Waals surface area contributed by atoms with Crippen LogP contribution in [-0.2, 0) is 12.7 Å². The van der Waals surface area contributed by atoms with Crippen LogP contribution in [0.2, 0.25) is 0 Å². The number of carbonyl (C=O) groups is 1. The standard InChI is InChI=1S/C23H20BrF3N6O/c1-12-20(24)13(2)32(31-12)11-14-4-3-5-16(8-14)29-22(34)17-10-28-33-19(23(25,26)27)9-18(15-6-7-15)30-21(17)33/h3-5,8-10,15H,6-7,11H2,1-2H3,(H,29,34). The highest BCUT2D eigenvalue weighted by atomic mass is 79.9. The van der Waals surface area contributed by atoms with Gasteiger partial charge in [-0.2, -0.15) is 23.4 Å². The maximum atomic E-state index is 13.6. The highest BCUT2D eigenvalue weighted by Gasteiger charge is 2.38.